The van der Waals surface area contributed by atoms with Crippen molar-refractivity contribution in [2.45, 2.75) is 6.42 Å². The zero-order chi connectivity index (χ0) is 18.4. The lowest BCUT2D eigenvalue weighted by molar-refractivity contribution is 0.102. The van der Waals surface area contributed by atoms with E-state index in [4.69, 9.17) is 4.74 Å². The Kier molecular flexibility index (Phi) is 5.81. The summed E-state index contributed by atoms with van der Waals surface area (Å²) >= 11 is 0. The van der Waals surface area contributed by atoms with Crippen LogP contribution in [0.15, 0.2) is 60.7 Å². The lowest BCUT2D eigenvalue weighted by Gasteiger charge is -2.11. The summed E-state index contributed by atoms with van der Waals surface area (Å²) < 4.78 is 5.70. The maximum Gasteiger partial charge on any atom is 0.274 e. The number of amides is 1. The van der Waals surface area contributed by atoms with E-state index in [1.165, 1.54) is 0 Å². The van der Waals surface area contributed by atoms with E-state index in [-0.39, 0.29) is 5.91 Å². The highest BCUT2D eigenvalue weighted by Gasteiger charge is 2.08. The SMILES string of the molecule is CN(C)CCCOc1ccc(NC(=O)c2ccc3ccccc3n2)cc1. The Balaban J connectivity index is 1.58. The fraction of sp³-hybridized carbons (Fsp3) is 0.238. The molecule has 5 nitrogen and oxygen atoms in total. The Bertz CT molecular complexity index is 876. The van der Waals surface area contributed by atoms with Gasteiger partial charge in [0.25, 0.3) is 5.91 Å². The molecular weight excluding hydrogens is 326 g/mol. The molecule has 5 heteroatoms. The van der Waals surface area contributed by atoms with Gasteiger partial charge in [-0.05, 0) is 56.9 Å². The number of ether oxygens (including phenoxy) is 1. The van der Waals surface area contributed by atoms with E-state index in [0.717, 1.165) is 29.6 Å². The van der Waals surface area contributed by atoms with Crippen LogP contribution in [-0.2, 0) is 0 Å². The van der Waals surface area contributed by atoms with Crippen LogP contribution in [0.4, 0.5) is 5.69 Å². The number of aromatic nitrogens is 1. The van der Waals surface area contributed by atoms with E-state index < -0.39 is 0 Å². The molecule has 134 valence electrons. The Labute approximate surface area is 153 Å². The molecule has 0 aliphatic rings. The molecule has 1 heterocycles. The van der Waals surface area contributed by atoms with E-state index >= 15 is 0 Å². The molecule has 0 spiro atoms. The second-order valence-corrected chi connectivity index (χ2v) is 6.37. The van der Waals surface area contributed by atoms with Crippen LogP contribution in [0.5, 0.6) is 5.75 Å². The average Bonchev–Trinajstić information content (AvgIpc) is 2.66. The van der Waals surface area contributed by atoms with Crippen LogP contribution in [0.1, 0.15) is 16.9 Å². The van der Waals surface area contributed by atoms with E-state index in [2.05, 4.69) is 15.2 Å². The number of hydrogen-bond acceptors (Lipinski definition) is 4. The molecule has 0 fully saturated rings. The van der Waals surface area contributed by atoms with Gasteiger partial charge < -0.3 is 15.0 Å². The van der Waals surface area contributed by atoms with Crippen LogP contribution in [0.3, 0.4) is 0 Å². The van der Waals surface area contributed by atoms with Crippen molar-refractivity contribution >= 4 is 22.5 Å². The van der Waals surface area contributed by atoms with Crippen molar-refractivity contribution in [2.75, 3.05) is 32.6 Å². The number of benzene rings is 2. The molecule has 0 aliphatic carbocycles. The molecular formula is C21H23N3O2. The van der Waals surface area contributed by atoms with Crippen LogP contribution >= 0.6 is 0 Å². The predicted octanol–water partition coefficient (Wildman–Crippen LogP) is 3.82. The molecule has 0 atom stereocenters. The summed E-state index contributed by atoms with van der Waals surface area (Å²) in [6, 6.07) is 18.8. The molecule has 0 bridgehead atoms. The number of pyridine rings is 1. The molecule has 1 aromatic heterocycles. The first-order valence-electron chi connectivity index (χ1n) is 8.66. The number of fused-ring (bicyclic) bond motifs is 1. The topological polar surface area (TPSA) is 54.5 Å². The van der Waals surface area contributed by atoms with Gasteiger partial charge in [-0.25, -0.2) is 4.98 Å². The van der Waals surface area contributed by atoms with Crippen LogP contribution < -0.4 is 10.1 Å². The predicted molar refractivity (Wildman–Crippen MR) is 105 cm³/mol. The number of rotatable bonds is 7. The summed E-state index contributed by atoms with van der Waals surface area (Å²) in [5, 5.41) is 3.88. The summed E-state index contributed by atoms with van der Waals surface area (Å²) in [5.41, 5.74) is 1.92. The second-order valence-electron chi connectivity index (χ2n) is 6.37. The van der Waals surface area contributed by atoms with E-state index in [1.54, 1.807) is 6.07 Å². The number of anilines is 1. The highest BCUT2D eigenvalue weighted by molar-refractivity contribution is 6.04. The van der Waals surface area contributed by atoms with Crippen molar-refractivity contribution in [3.63, 3.8) is 0 Å². The van der Waals surface area contributed by atoms with Crippen LogP contribution in [0.2, 0.25) is 0 Å². The molecule has 2 aromatic carbocycles. The molecule has 1 N–H and O–H groups in total. The Hall–Kier alpha value is -2.92. The number of para-hydroxylation sites is 1. The number of nitrogens with one attached hydrogen (secondary N) is 1. The van der Waals surface area contributed by atoms with Gasteiger partial charge in [0.2, 0.25) is 0 Å². The van der Waals surface area contributed by atoms with Gasteiger partial charge >= 0.3 is 0 Å². The maximum absolute atomic E-state index is 12.4. The summed E-state index contributed by atoms with van der Waals surface area (Å²) in [5.74, 6) is 0.570. The van der Waals surface area contributed by atoms with Gasteiger partial charge in [-0.3, -0.25) is 4.79 Å². The molecule has 3 aromatic rings. The molecule has 1 amide bonds. The summed E-state index contributed by atoms with van der Waals surface area (Å²) in [6.45, 7) is 1.66. The molecule has 0 aliphatic heterocycles. The number of nitrogens with zero attached hydrogens (tertiary/aromatic N) is 2. The quantitative estimate of drug-likeness (QED) is 0.659. The first-order valence-corrected chi connectivity index (χ1v) is 8.66. The molecule has 3 rings (SSSR count). The normalized spacial score (nSPS) is 10.9. The van der Waals surface area contributed by atoms with Crippen LogP contribution in [0, 0.1) is 0 Å². The van der Waals surface area contributed by atoms with Crippen molar-refractivity contribution in [3.8, 4) is 5.75 Å². The Morgan fingerprint density at radius 2 is 1.81 bits per heavy atom. The van der Waals surface area contributed by atoms with Crippen LogP contribution in [-0.4, -0.2) is 43.0 Å². The third kappa shape index (κ3) is 4.80. The van der Waals surface area contributed by atoms with Gasteiger partial charge in [-0.2, -0.15) is 0 Å². The van der Waals surface area contributed by atoms with Crippen molar-refractivity contribution < 1.29 is 9.53 Å². The van der Waals surface area contributed by atoms with Gasteiger partial charge in [0.05, 0.1) is 12.1 Å². The standard InChI is InChI=1S/C21H23N3O2/c1-24(2)14-5-15-26-18-11-9-17(10-12-18)22-21(25)20-13-8-16-6-3-4-7-19(16)23-20/h3-4,6-13H,5,14-15H2,1-2H3,(H,22,25). The van der Waals surface area contributed by atoms with Crippen molar-refractivity contribution in [1.29, 1.82) is 0 Å². The lowest BCUT2D eigenvalue weighted by Crippen LogP contribution is -2.15. The van der Waals surface area contributed by atoms with Gasteiger partial charge in [-0.1, -0.05) is 24.3 Å². The van der Waals surface area contributed by atoms with E-state index in [0.29, 0.717) is 18.0 Å². The van der Waals surface area contributed by atoms with Gasteiger partial charge in [0.15, 0.2) is 0 Å². The minimum Gasteiger partial charge on any atom is -0.494 e. The lowest BCUT2D eigenvalue weighted by atomic mass is 10.2. The van der Waals surface area contributed by atoms with Crippen molar-refractivity contribution in [3.05, 3.63) is 66.4 Å². The largest absolute Gasteiger partial charge is 0.494 e. The first-order chi connectivity index (χ1) is 12.6. The van der Waals surface area contributed by atoms with Crippen molar-refractivity contribution in [1.82, 2.24) is 9.88 Å². The molecule has 0 unspecified atom stereocenters. The monoisotopic (exact) mass is 349 g/mol. The van der Waals surface area contributed by atoms with Gasteiger partial charge in [-0.15, -0.1) is 0 Å². The highest BCUT2D eigenvalue weighted by atomic mass is 16.5. The molecule has 0 saturated carbocycles. The van der Waals surface area contributed by atoms with Gasteiger partial charge in [0, 0.05) is 17.6 Å². The summed E-state index contributed by atoms with van der Waals surface area (Å²) in [6.07, 6.45) is 0.971. The number of carbonyl (C=O) groups is 1. The second kappa shape index (κ2) is 8.45. The number of hydrogen-bond donors (Lipinski definition) is 1. The maximum atomic E-state index is 12.4. The zero-order valence-corrected chi connectivity index (χ0v) is 15.1. The average molecular weight is 349 g/mol. The third-order valence-corrected chi connectivity index (χ3v) is 3.96. The Morgan fingerprint density at radius 3 is 2.58 bits per heavy atom. The minimum absolute atomic E-state index is 0.226. The minimum atomic E-state index is -0.226. The molecule has 0 saturated heterocycles. The zero-order valence-electron chi connectivity index (χ0n) is 15.1. The molecule has 0 radical (unpaired) electrons. The molecule has 26 heavy (non-hydrogen) atoms. The van der Waals surface area contributed by atoms with E-state index in [9.17, 15) is 4.79 Å². The smallest absolute Gasteiger partial charge is 0.274 e. The highest BCUT2D eigenvalue weighted by Crippen LogP contribution is 2.17. The number of carbonyl (C=O) groups excluding carboxylic acids is 1. The van der Waals surface area contributed by atoms with Crippen molar-refractivity contribution in [2.24, 2.45) is 0 Å². The third-order valence-electron chi connectivity index (χ3n) is 3.96. The van der Waals surface area contributed by atoms with Gasteiger partial charge in [0.1, 0.15) is 11.4 Å². The van der Waals surface area contributed by atoms with Crippen LogP contribution in [0.25, 0.3) is 10.9 Å². The summed E-state index contributed by atoms with van der Waals surface area (Å²) in [7, 11) is 4.09. The fourth-order valence-corrected chi connectivity index (χ4v) is 2.59. The van der Waals surface area contributed by atoms with E-state index in [1.807, 2.05) is 68.7 Å². The first kappa shape index (κ1) is 17.9. The Morgan fingerprint density at radius 1 is 1.04 bits per heavy atom. The fourth-order valence-electron chi connectivity index (χ4n) is 2.59. The summed E-state index contributed by atoms with van der Waals surface area (Å²) in [4.78, 5) is 18.9.